The van der Waals surface area contributed by atoms with Crippen LogP contribution in [0.2, 0.25) is 0 Å². The highest BCUT2D eigenvalue weighted by Gasteiger charge is 2.30. The maximum atomic E-state index is 11.9. The minimum atomic E-state index is -0.623. The standard InChI is InChI=1S/C13H22N4O2/c1-4-5-9-6-11(18)17(7-9)8-10-15-12(16-19-10)13(2,3)14/h9H,4-8,14H2,1-3H3. The number of aromatic nitrogens is 2. The molecule has 1 aromatic heterocycles. The molecule has 0 radical (unpaired) electrons. The Morgan fingerprint density at radius 1 is 1.53 bits per heavy atom. The second kappa shape index (κ2) is 5.28. The lowest BCUT2D eigenvalue weighted by atomic mass is 10.0. The van der Waals surface area contributed by atoms with Crippen molar-refractivity contribution >= 4 is 5.91 Å². The molecule has 1 aliphatic rings. The molecule has 2 N–H and O–H groups in total. The third kappa shape index (κ3) is 3.32. The average molecular weight is 266 g/mol. The molecular formula is C13H22N4O2. The topological polar surface area (TPSA) is 85.2 Å². The van der Waals surface area contributed by atoms with Crippen molar-refractivity contribution in [2.45, 2.75) is 52.1 Å². The molecule has 0 spiro atoms. The van der Waals surface area contributed by atoms with Crippen LogP contribution in [0.4, 0.5) is 0 Å². The van der Waals surface area contributed by atoms with Crippen molar-refractivity contribution < 1.29 is 9.32 Å². The van der Waals surface area contributed by atoms with Gasteiger partial charge >= 0.3 is 0 Å². The van der Waals surface area contributed by atoms with E-state index in [1.165, 1.54) is 0 Å². The van der Waals surface area contributed by atoms with Crippen LogP contribution >= 0.6 is 0 Å². The molecule has 0 aliphatic carbocycles. The molecule has 19 heavy (non-hydrogen) atoms. The summed E-state index contributed by atoms with van der Waals surface area (Å²) < 4.78 is 5.16. The van der Waals surface area contributed by atoms with Gasteiger partial charge in [-0.2, -0.15) is 4.98 Å². The summed E-state index contributed by atoms with van der Waals surface area (Å²) in [5.74, 6) is 1.56. The summed E-state index contributed by atoms with van der Waals surface area (Å²) in [6, 6.07) is 0. The van der Waals surface area contributed by atoms with E-state index in [0.717, 1.165) is 19.4 Å². The first-order chi connectivity index (χ1) is 8.90. The Morgan fingerprint density at radius 3 is 2.84 bits per heavy atom. The third-order valence-corrected chi connectivity index (χ3v) is 3.36. The Labute approximate surface area is 113 Å². The molecule has 0 bridgehead atoms. The SMILES string of the molecule is CCCC1CC(=O)N(Cc2nc(C(C)(C)N)no2)C1. The summed E-state index contributed by atoms with van der Waals surface area (Å²) in [5, 5.41) is 3.86. The minimum absolute atomic E-state index is 0.171. The zero-order valence-electron chi connectivity index (χ0n) is 11.8. The van der Waals surface area contributed by atoms with Crippen molar-refractivity contribution in [1.29, 1.82) is 0 Å². The van der Waals surface area contributed by atoms with Crippen molar-refractivity contribution in [3.8, 4) is 0 Å². The highest BCUT2D eigenvalue weighted by molar-refractivity contribution is 5.78. The predicted octanol–water partition coefficient (Wildman–Crippen LogP) is 1.41. The van der Waals surface area contributed by atoms with Crippen LogP contribution in [0.5, 0.6) is 0 Å². The van der Waals surface area contributed by atoms with E-state index >= 15 is 0 Å². The second-order valence-electron chi connectivity index (χ2n) is 5.87. The van der Waals surface area contributed by atoms with Gasteiger partial charge in [-0.05, 0) is 26.2 Å². The number of amides is 1. The monoisotopic (exact) mass is 266 g/mol. The number of rotatable bonds is 5. The maximum absolute atomic E-state index is 11.9. The number of carbonyl (C=O) groups is 1. The smallest absolute Gasteiger partial charge is 0.246 e. The molecule has 1 aromatic rings. The van der Waals surface area contributed by atoms with Crippen molar-refractivity contribution in [1.82, 2.24) is 15.0 Å². The fourth-order valence-electron chi connectivity index (χ4n) is 2.35. The van der Waals surface area contributed by atoms with Gasteiger partial charge in [0.05, 0.1) is 12.1 Å². The second-order valence-corrected chi connectivity index (χ2v) is 5.87. The molecule has 6 heteroatoms. The van der Waals surface area contributed by atoms with Gasteiger partial charge in [0, 0.05) is 13.0 Å². The first kappa shape index (κ1) is 14.0. The molecule has 2 heterocycles. The molecule has 106 valence electrons. The fourth-order valence-corrected chi connectivity index (χ4v) is 2.35. The van der Waals surface area contributed by atoms with Crippen molar-refractivity contribution in [2.24, 2.45) is 11.7 Å². The van der Waals surface area contributed by atoms with Crippen LogP contribution in [0.15, 0.2) is 4.52 Å². The third-order valence-electron chi connectivity index (χ3n) is 3.36. The largest absolute Gasteiger partial charge is 0.337 e. The van der Waals surface area contributed by atoms with Gasteiger partial charge in [0.25, 0.3) is 0 Å². The molecule has 1 fully saturated rings. The number of likely N-dealkylation sites (tertiary alicyclic amines) is 1. The van der Waals surface area contributed by atoms with Gasteiger partial charge in [-0.3, -0.25) is 4.79 Å². The van der Waals surface area contributed by atoms with E-state index in [9.17, 15) is 4.79 Å². The molecule has 0 aromatic carbocycles. The van der Waals surface area contributed by atoms with Crippen LogP contribution in [0.3, 0.4) is 0 Å². The lowest BCUT2D eigenvalue weighted by Gasteiger charge is -2.14. The molecule has 1 unspecified atom stereocenters. The van der Waals surface area contributed by atoms with Gasteiger partial charge in [0.2, 0.25) is 11.8 Å². The van der Waals surface area contributed by atoms with Gasteiger partial charge in [-0.25, -0.2) is 0 Å². The van der Waals surface area contributed by atoms with Gasteiger partial charge in [-0.15, -0.1) is 0 Å². The number of nitrogens with two attached hydrogens (primary N) is 1. The minimum Gasteiger partial charge on any atom is -0.337 e. The normalized spacial score (nSPS) is 20.3. The number of nitrogens with zero attached hydrogens (tertiary/aromatic N) is 3. The van der Waals surface area contributed by atoms with E-state index < -0.39 is 5.54 Å². The Kier molecular flexibility index (Phi) is 3.89. The lowest BCUT2D eigenvalue weighted by molar-refractivity contribution is -0.128. The van der Waals surface area contributed by atoms with Crippen molar-refractivity contribution in [3.05, 3.63) is 11.7 Å². The molecule has 0 saturated carbocycles. The Morgan fingerprint density at radius 2 is 2.26 bits per heavy atom. The maximum Gasteiger partial charge on any atom is 0.246 e. The molecule has 1 atom stereocenters. The Hall–Kier alpha value is -1.43. The molecule has 1 amide bonds. The zero-order valence-corrected chi connectivity index (χ0v) is 11.8. The van der Waals surface area contributed by atoms with E-state index in [-0.39, 0.29) is 5.91 Å². The quantitative estimate of drug-likeness (QED) is 0.871. The molecule has 2 rings (SSSR count). The summed E-state index contributed by atoms with van der Waals surface area (Å²) in [4.78, 5) is 17.9. The molecule has 1 saturated heterocycles. The molecule has 6 nitrogen and oxygen atoms in total. The van der Waals surface area contributed by atoms with E-state index in [1.54, 1.807) is 4.90 Å². The average Bonchev–Trinajstić information content (AvgIpc) is 2.87. The van der Waals surface area contributed by atoms with E-state index in [1.807, 2.05) is 13.8 Å². The van der Waals surface area contributed by atoms with Crippen LogP contribution in [0.25, 0.3) is 0 Å². The van der Waals surface area contributed by atoms with Crippen LogP contribution in [0.1, 0.15) is 51.7 Å². The molecule has 1 aliphatic heterocycles. The highest BCUT2D eigenvalue weighted by atomic mass is 16.5. The van der Waals surface area contributed by atoms with E-state index in [4.69, 9.17) is 10.3 Å². The Balaban J connectivity index is 1.98. The van der Waals surface area contributed by atoms with Crippen LogP contribution in [-0.2, 0) is 16.9 Å². The number of carbonyl (C=O) groups excluding carboxylic acids is 1. The summed E-state index contributed by atoms with van der Waals surface area (Å²) in [5.41, 5.74) is 5.28. The summed E-state index contributed by atoms with van der Waals surface area (Å²) >= 11 is 0. The first-order valence-corrected chi connectivity index (χ1v) is 6.80. The summed E-state index contributed by atoms with van der Waals surface area (Å²) in [6.07, 6.45) is 2.84. The fraction of sp³-hybridized carbons (Fsp3) is 0.769. The summed E-state index contributed by atoms with van der Waals surface area (Å²) in [7, 11) is 0. The summed E-state index contributed by atoms with van der Waals surface area (Å²) in [6.45, 7) is 6.96. The van der Waals surface area contributed by atoms with Crippen LogP contribution in [-0.4, -0.2) is 27.5 Å². The van der Waals surface area contributed by atoms with Gasteiger partial charge in [0.1, 0.15) is 0 Å². The van der Waals surface area contributed by atoms with E-state index in [0.29, 0.717) is 30.6 Å². The molecular weight excluding hydrogens is 244 g/mol. The van der Waals surface area contributed by atoms with Crippen LogP contribution < -0.4 is 5.73 Å². The van der Waals surface area contributed by atoms with Gasteiger partial charge in [-0.1, -0.05) is 18.5 Å². The lowest BCUT2D eigenvalue weighted by Crippen LogP contribution is -2.30. The Bertz CT molecular complexity index is 450. The zero-order chi connectivity index (χ0) is 14.0. The van der Waals surface area contributed by atoms with E-state index in [2.05, 4.69) is 17.1 Å². The first-order valence-electron chi connectivity index (χ1n) is 6.80. The van der Waals surface area contributed by atoms with Crippen LogP contribution in [0, 0.1) is 5.92 Å². The highest BCUT2D eigenvalue weighted by Crippen LogP contribution is 2.23. The van der Waals surface area contributed by atoms with Gasteiger partial charge in [0.15, 0.2) is 5.82 Å². The number of hydrogen-bond acceptors (Lipinski definition) is 5. The number of hydrogen-bond donors (Lipinski definition) is 1. The predicted molar refractivity (Wildman–Crippen MR) is 69.9 cm³/mol. The van der Waals surface area contributed by atoms with Crippen molar-refractivity contribution in [2.75, 3.05) is 6.54 Å². The van der Waals surface area contributed by atoms with Gasteiger partial charge < -0.3 is 15.2 Å². The van der Waals surface area contributed by atoms with Crippen molar-refractivity contribution in [3.63, 3.8) is 0 Å².